The lowest BCUT2D eigenvalue weighted by Gasteiger charge is -2.10. The minimum absolute atomic E-state index is 0.0913. The van der Waals surface area contributed by atoms with E-state index in [0.717, 1.165) is 22.8 Å². The van der Waals surface area contributed by atoms with E-state index in [0.29, 0.717) is 6.54 Å². The molecule has 0 fully saturated rings. The highest BCUT2D eigenvalue weighted by Gasteiger charge is 2.07. The van der Waals surface area contributed by atoms with E-state index >= 15 is 0 Å². The van der Waals surface area contributed by atoms with Crippen LogP contribution in [0.5, 0.6) is 0 Å². The van der Waals surface area contributed by atoms with E-state index in [1.165, 1.54) is 19.3 Å². The van der Waals surface area contributed by atoms with Gasteiger partial charge in [-0.25, -0.2) is 4.39 Å². The van der Waals surface area contributed by atoms with Crippen LogP contribution in [0.4, 0.5) is 4.39 Å². The summed E-state index contributed by atoms with van der Waals surface area (Å²) < 4.78 is 13.7. The zero-order chi connectivity index (χ0) is 12.5. The number of hydrogen-bond donors (Lipinski definition) is 1. The zero-order valence-electron chi connectivity index (χ0n) is 10.8. The molecule has 17 heavy (non-hydrogen) atoms. The van der Waals surface area contributed by atoms with Crippen LogP contribution >= 0.6 is 11.8 Å². The SMILES string of the molecule is CCCCCSc1cccc(F)c1CNCC. The van der Waals surface area contributed by atoms with E-state index in [-0.39, 0.29) is 5.82 Å². The smallest absolute Gasteiger partial charge is 0.128 e. The topological polar surface area (TPSA) is 12.0 Å². The van der Waals surface area contributed by atoms with Gasteiger partial charge in [0.1, 0.15) is 5.82 Å². The van der Waals surface area contributed by atoms with Crippen LogP contribution in [-0.2, 0) is 6.54 Å². The van der Waals surface area contributed by atoms with Crippen molar-refractivity contribution >= 4 is 11.8 Å². The van der Waals surface area contributed by atoms with Gasteiger partial charge in [0.05, 0.1) is 0 Å². The quantitative estimate of drug-likeness (QED) is 0.551. The molecule has 1 rings (SSSR count). The Labute approximate surface area is 108 Å². The molecule has 1 N–H and O–H groups in total. The molecule has 0 spiro atoms. The van der Waals surface area contributed by atoms with Gasteiger partial charge in [0.15, 0.2) is 0 Å². The molecule has 0 radical (unpaired) electrons. The molecule has 96 valence electrons. The van der Waals surface area contributed by atoms with Gasteiger partial charge in [0.25, 0.3) is 0 Å². The maximum absolute atomic E-state index is 13.7. The highest BCUT2D eigenvalue weighted by atomic mass is 32.2. The van der Waals surface area contributed by atoms with Crippen molar-refractivity contribution in [3.63, 3.8) is 0 Å². The van der Waals surface area contributed by atoms with Crippen LogP contribution in [0, 0.1) is 5.82 Å². The van der Waals surface area contributed by atoms with Crippen molar-refractivity contribution in [1.29, 1.82) is 0 Å². The van der Waals surface area contributed by atoms with Crippen LogP contribution in [0.25, 0.3) is 0 Å². The summed E-state index contributed by atoms with van der Waals surface area (Å²) in [6, 6.07) is 5.36. The van der Waals surface area contributed by atoms with Crippen molar-refractivity contribution < 1.29 is 4.39 Å². The largest absolute Gasteiger partial charge is 0.313 e. The standard InChI is InChI=1S/C14H22FNS/c1-3-5-6-10-17-14-9-7-8-13(15)12(14)11-16-4-2/h7-9,16H,3-6,10-11H2,1-2H3. The third-order valence-corrected chi connectivity index (χ3v) is 3.82. The Morgan fingerprint density at radius 1 is 1.24 bits per heavy atom. The molecule has 1 aromatic rings. The molecule has 1 aromatic carbocycles. The van der Waals surface area contributed by atoms with Gasteiger partial charge in [-0.05, 0) is 30.9 Å². The zero-order valence-corrected chi connectivity index (χ0v) is 11.6. The summed E-state index contributed by atoms with van der Waals surface area (Å²) in [6.45, 7) is 5.73. The monoisotopic (exact) mass is 255 g/mol. The molecule has 3 heteroatoms. The normalized spacial score (nSPS) is 10.8. The van der Waals surface area contributed by atoms with Gasteiger partial charge in [0.2, 0.25) is 0 Å². The van der Waals surface area contributed by atoms with E-state index < -0.39 is 0 Å². The summed E-state index contributed by atoms with van der Waals surface area (Å²) in [5.41, 5.74) is 0.816. The van der Waals surface area contributed by atoms with Crippen molar-refractivity contribution in [1.82, 2.24) is 5.32 Å². The molecule has 0 amide bonds. The Kier molecular flexibility index (Phi) is 7.29. The Bertz CT molecular complexity index is 328. The molecule has 0 saturated heterocycles. The second kappa shape index (κ2) is 8.54. The number of benzene rings is 1. The lowest BCUT2D eigenvalue weighted by atomic mass is 10.2. The van der Waals surface area contributed by atoms with E-state index in [1.807, 2.05) is 13.0 Å². The average Bonchev–Trinajstić information content (AvgIpc) is 2.34. The second-order valence-corrected chi connectivity index (χ2v) is 5.19. The second-order valence-electron chi connectivity index (χ2n) is 4.05. The van der Waals surface area contributed by atoms with Crippen molar-refractivity contribution in [2.45, 2.75) is 44.6 Å². The Hall–Kier alpha value is -0.540. The van der Waals surface area contributed by atoms with Crippen molar-refractivity contribution in [2.24, 2.45) is 0 Å². The number of rotatable bonds is 8. The van der Waals surface area contributed by atoms with Gasteiger partial charge >= 0.3 is 0 Å². The summed E-state index contributed by atoms with van der Waals surface area (Å²) in [5, 5.41) is 3.19. The summed E-state index contributed by atoms with van der Waals surface area (Å²) >= 11 is 1.77. The van der Waals surface area contributed by atoms with Crippen LogP contribution in [-0.4, -0.2) is 12.3 Å². The molecule has 0 atom stereocenters. The maximum atomic E-state index is 13.7. The molecular weight excluding hydrogens is 233 g/mol. The summed E-state index contributed by atoms with van der Waals surface area (Å²) in [5.74, 6) is 0.989. The van der Waals surface area contributed by atoms with Gasteiger partial charge in [-0.3, -0.25) is 0 Å². The predicted molar refractivity (Wildman–Crippen MR) is 74.0 cm³/mol. The number of hydrogen-bond acceptors (Lipinski definition) is 2. The van der Waals surface area contributed by atoms with Gasteiger partial charge in [0, 0.05) is 17.0 Å². The molecule has 0 aliphatic carbocycles. The van der Waals surface area contributed by atoms with Crippen LogP contribution in [0.1, 0.15) is 38.7 Å². The summed E-state index contributed by atoms with van der Waals surface area (Å²) in [6.07, 6.45) is 3.69. The molecule has 0 aliphatic rings. The van der Waals surface area contributed by atoms with Crippen molar-refractivity contribution in [2.75, 3.05) is 12.3 Å². The molecular formula is C14H22FNS. The Morgan fingerprint density at radius 2 is 2.06 bits per heavy atom. The van der Waals surface area contributed by atoms with Crippen LogP contribution in [0.15, 0.2) is 23.1 Å². The van der Waals surface area contributed by atoms with E-state index in [2.05, 4.69) is 12.2 Å². The molecule has 0 bridgehead atoms. The van der Waals surface area contributed by atoms with Gasteiger partial charge in [-0.2, -0.15) is 0 Å². The van der Waals surface area contributed by atoms with Crippen LogP contribution < -0.4 is 5.32 Å². The van der Waals surface area contributed by atoms with Crippen molar-refractivity contribution in [3.05, 3.63) is 29.6 Å². The molecule has 0 saturated carbocycles. The van der Waals surface area contributed by atoms with Crippen LogP contribution in [0.2, 0.25) is 0 Å². The number of nitrogens with one attached hydrogen (secondary N) is 1. The number of unbranched alkanes of at least 4 members (excludes halogenated alkanes) is 2. The fourth-order valence-electron chi connectivity index (χ4n) is 1.63. The van der Waals surface area contributed by atoms with Gasteiger partial charge in [-0.15, -0.1) is 11.8 Å². The number of thioether (sulfide) groups is 1. The highest BCUT2D eigenvalue weighted by molar-refractivity contribution is 7.99. The van der Waals surface area contributed by atoms with E-state index in [4.69, 9.17) is 0 Å². The fraction of sp³-hybridized carbons (Fsp3) is 0.571. The molecule has 0 heterocycles. The first-order valence-corrected chi connectivity index (χ1v) is 7.39. The predicted octanol–water partition coefficient (Wildman–Crippen LogP) is 4.22. The average molecular weight is 255 g/mol. The summed E-state index contributed by atoms with van der Waals surface area (Å²) in [7, 11) is 0. The lowest BCUT2D eigenvalue weighted by molar-refractivity contribution is 0.585. The van der Waals surface area contributed by atoms with E-state index in [9.17, 15) is 4.39 Å². The third-order valence-electron chi connectivity index (χ3n) is 2.63. The minimum atomic E-state index is -0.0913. The minimum Gasteiger partial charge on any atom is -0.313 e. The fourth-order valence-corrected chi connectivity index (χ4v) is 2.72. The lowest BCUT2D eigenvalue weighted by Crippen LogP contribution is -2.13. The number of halogens is 1. The third kappa shape index (κ3) is 5.09. The Morgan fingerprint density at radius 3 is 2.76 bits per heavy atom. The first-order chi connectivity index (χ1) is 8.29. The molecule has 1 nitrogen and oxygen atoms in total. The molecule has 0 aliphatic heterocycles. The van der Waals surface area contributed by atoms with E-state index in [1.54, 1.807) is 23.9 Å². The summed E-state index contributed by atoms with van der Waals surface area (Å²) in [4.78, 5) is 1.09. The molecule has 0 unspecified atom stereocenters. The van der Waals surface area contributed by atoms with Crippen LogP contribution in [0.3, 0.4) is 0 Å². The maximum Gasteiger partial charge on any atom is 0.128 e. The van der Waals surface area contributed by atoms with Gasteiger partial charge < -0.3 is 5.32 Å². The Balaban J connectivity index is 2.59. The first kappa shape index (κ1) is 14.5. The molecule has 0 aromatic heterocycles. The first-order valence-electron chi connectivity index (χ1n) is 6.40. The van der Waals surface area contributed by atoms with Gasteiger partial charge in [-0.1, -0.05) is 32.8 Å². The van der Waals surface area contributed by atoms with Crippen molar-refractivity contribution in [3.8, 4) is 0 Å². The highest BCUT2D eigenvalue weighted by Crippen LogP contribution is 2.25.